The zero-order chi connectivity index (χ0) is 11.2. The van der Waals surface area contributed by atoms with Crippen LogP contribution in [0.4, 0.5) is 0 Å². The van der Waals surface area contributed by atoms with E-state index in [-0.39, 0.29) is 22.2 Å². The van der Waals surface area contributed by atoms with Gasteiger partial charge in [-0.1, -0.05) is 0 Å². The van der Waals surface area contributed by atoms with Gasteiger partial charge in [0.2, 0.25) is 0 Å². The Morgan fingerprint density at radius 1 is 1.33 bits per heavy atom. The summed E-state index contributed by atoms with van der Waals surface area (Å²) in [5.41, 5.74) is -0.612. The molecule has 15 heavy (non-hydrogen) atoms. The van der Waals surface area contributed by atoms with Crippen LogP contribution in [0.5, 0.6) is 0 Å². The highest BCUT2D eigenvalue weighted by atomic mass is 16.1. The molecule has 0 saturated heterocycles. The third-order valence-electron chi connectivity index (χ3n) is 2.15. The van der Waals surface area contributed by atoms with Crippen LogP contribution in [-0.2, 0) is 5.54 Å². The number of hydrogen-bond donors (Lipinski definition) is 2. The predicted octanol–water partition coefficient (Wildman–Crippen LogP) is 0.168. The van der Waals surface area contributed by atoms with Crippen LogP contribution >= 0.6 is 0 Å². The SMILES string of the molecule is CC(C)(C)n1[nH]c2c(=O)[nH]cnc2c1=O. The Labute approximate surface area is 84.9 Å². The van der Waals surface area contributed by atoms with Gasteiger partial charge in [0, 0.05) is 0 Å². The summed E-state index contributed by atoms with van der Waals surface area (Å²) in [4.78, 5) is 29.5. The molecule has 80 valence electrons. The molecule has 2 N–H and O–H groups in total. The largest absolute Gasteiger partial charge is 0.311 e. The summed E-state index contributed by atoms with van der Waals surface area (Å²) in [5, 5.41) is 2.77. The Balaban J connectivity index is 2.94. The van der Waals surface area contributed by atoms with Gasteiger partial charge in [-0.05, 0) is 20.8 Å². The molecule has 6 nitrogen and oxygen atoms in total. The number of H-pyrrole nitrogens is 2. The second-order valence-corrected chi connectivity index (χ2v) is 4.38. The highest BCUT2D eigenvalue weighted by Gasteiger charge is 2.19. The van der Waals surface area contributed by atoms with E-state index in [9.17, 15) is 9.59 Å². The van der Waals surface area contributed by atoms with Crippen molar-refractivity contribution in [2.45, 2.75) is 26.3 Å². The highest BCUT2D eigenvalue weighted by Crippen LogP contribution is 2.10. The minimum Gasteiger partial charge on any atom is -0.311 e. The molecule has 0 spiro atoms. The lowest BCUT2D eigenvalue weighted by atomic mass is 10.1. The molecule has 0 amide bonds. The molecule has 0 unspecified atom stereocenters. The molecule has 2 aromatic heterocycles. The van der Waals surface area contributed by atoms with E-state index in [1.165, 1.54) is 11.0 Å². The van der Waals surface area contributed by atoms with Crippen molar-refractivity contribution in [2.24, 2.45) is 0 Å². The Kier molecular flexibility index (Phi) is 1.82. The fourth-order valence-corrected chi connectivity index (χ4v) is 1.41. The third-order valence-corrected chi connectivity index (χ3v) is 2.15. The van der Waals surface area contributed by atoms with Crippen LogP contribution in [0.25, 0.3) is 11.0 Å². The first kappa shape index (κ1) is 9.70. The third kappa shape index (κ3) is 1.38. The zero-order valence-corrected chi connectivity index (χ0v) is 8.79. The molecule has 0 radical (unpaired) electrons. The number of aromatic nitrogens is 4. The summed E-state index contributed by atoms with van der Waals surface area (Å²) in [7, 11) is 0. The molecule has 2 rings (SSSR count). The first-order valence-electron chi connectivity index (χ1n) is 4.60. The van der Waals surface area contributed by atoms with Crippen molar-refractivity contribution in [2.75, 3.05) is 0 Å². The van der Waals surface area contributed by atoms with Crippen molar-refractivity contribution >= 4 is 11.0 Å². The van der Waals surface area contributed by atoms with Crippen LogP contribution < -0.4 is 11.1 Å². The van der Waals surface area contributed by atoms with Crippen LogP contribution in [0.1, 0.15) is 20.8 Å². The lowest BCUT2D eigenvalue weighted by molar-refractivity contribution is 0.348. The average Bonchev–Trinajstić information content (AvgIpc) is 2.45. The van der Waals surface area contributed by atoms with Gasteiger partial charge in [-0.3, -0.25) is 14.7 Å². The summed E-state index contributed by atoms with van der Waals surface area (Å²) < 4.78 is 1.40. The smallest absolute Gasteiger partial charge is 0.293 e. The van der Waals surface area contributed by atoms with Crippen molar-refractivity contribution in [3.05, 3.63) is 27.0 Å². The molecule has 0 aliphatic carbocycles. The van der Waals surface area contributed by atoms with Gasteiger partial charge >= 0.3 is 0 Å². The van der Waals surface area contributed by atoms with Gasteiger partial charge in [0.15, 0.2) is 11.0 Å². The molecular formula is C9H12N4O2. The van der Waals surface area contributed by atoms with Crippen molar-refractivity contribution < 1.29 is 0 Å². The van der Waals surface area contributed by atoms with Crippen molar-refractivity contribution in [3.8, 4) is 0 Å². The summed E-state index contributed by atoms with van der Waals surface area (Å²) in [6, 6.07) is 0. The van der Waals surface area contributed by atoms with E-state index < -0.39 is 5.54 Å². The Morgan fingerprint density at radius 2 is 2.00 bits per heavy atom. The Hall–Kier alpha value is -1.85. The number of aromatic amines is 2. The van der Waals surface area contributed by atoms with Crippen molar-refractivity contribution in [1.29, 1.82) is 0 Å². The van der Waals surface area contributed by atoms with Gasteiger partial charge in [0.1, 0.15) is 0 Å². The van der Waals surface area contributed by atoms with E-state index in [1.807, 2.05) is 20.8 Å². The van der Waals surface area contributed by atoms with Gasteiger partial charge in [-0.15, -0.1) is 0 Å². The summed E-state index contributed by atoms with van der Waals surface area (Å²) in [6.45, 7) is 5.62. The molecule has 6 heteroatoms. The molecule has 0 aliphatic heterocycles. The standard InChI is InChI=1S/C9H12N4O2/c1-9(2,3)13-8(15)6-5(12-13)7(14)11-4-10-6/h4,12H,1-3H3,(H,10,11,14). The fourth-order valence-electron chi connectivity index (χ4n) is 1.41. The van der Waals surface area contributed by atoms with E-state index >= 15 is 0 Å². The average molecular weight is 208 g/mol. The highest BCUT2D eigenvalue weighted by molar-refractivity contribution is 5.71. The molecule has 0 aromatic carbocycles. The number of fused-ring (bicyclic) bond motifs is 1. The van der Waals surface area contributed by atoms with E-state index in [4.69, 9.17) is 0 Å². The summed E-state index contributed by atoms with van der Waals surface area (Å²) >= 11 is 0. The van der Waals surface area contributed by atoms with Crippen molar-refractivity contribution in [1.82, 2.24) is 19.7 Å². The topological polar surface area (TPSA) is 83.5 Å². The van der Waals surface area contributed by atoms with Crippen molar-refractivity contribution in [3.63, 3.8) is 0 Å². The first-order valence-corrected chi connectivity index (χ1v) is 4.60. The van der Waals surface area contributed by atoms with E-state index in [0.29, 0.717) is 0 Å². The molecule has 2 aromatic rings. The number of rotatable bonds is 0. The maximum atomic E-state index is 11.8. The van der Waals surface area contributed by atoms with Crippen LogP contribution in [0.3, 0.4) is 0 Å². The van der Waals surface area contributed by atoms with Gasteiger partial charge in [0.25, 0.3) is 11.1 Å². The zero-order valence-electron chi connectivity index (χ0n) is 8.79. The second kappa shape index (κ2) is 2.82. The van der Waals surface area contributed by atoms with E-state index in [0.717, 1.165) is 0 Å². The quantitative estimate of drug-likeness (QED) is 0.647. The number of nitrogens with one attached hydrogen (secondary N) is 2. The molecule has 0 bridgehead atoms. The molecule has 0 aliphatic rings. The van der Waals surface area contributed by atoms with E-state index in [2.05, 4.69) is 15.1 Å². The first-order chi connectivity index (χ1) is 6.91. The maximum absolute atomic E-state index is 11.8. The van der Waals surface area contributed by atoms with Crippen LogP contribution in [0.2, 0.25) is 0 Å². The minimum absolute atomic E-state index is 0.175. The van der Waals surface area contributed by atoms with Gasteiger partial charge < -0.3 is 4.98 Å². The van der Waals surface area contributed by atoms with Crippen LogP contribution in [0, 0.1) is 0 Å². The summed E-state index contributed by atoms with van der Waals surface area (Å²) in [5.74, 6) is 0. The van der Waals surface area contributed by atoms with Crippen LogP contribution in [-0.4, -0.2) is 19.7 Å². The Bertz CT molecular complexity index is 611. The number of hydrogen-bond acceptors (Lipinski definition) is 3. The summed E-state index contributed by atoms with van der Waals surface area (Å²) in [6.07, 6.45) is 1.23. The predicted molar refractivity (Wildman–Crippen MR) is 56.0 cm³/mol. The minimum atomic E-state index is -0.399. The molecular weight excluding hydrogens is 196 g/mol. The molecule has 2 heterocycles. The fraction of sp³-hybridized carbons (Fsp3) is 0.444. The normalized spacial score (nSPS) is 12.2. The van der Waals surface area contributed by atoms with Gasteiger partial charge in [-0.2, -0.15) is 0 Å². The lowest BCUT2D eigenvalue weighted by Crippen LogP contribution is -2.32. The van der Waals surface area contributed by atoms with E-state index in [1.54, 1.807) is 0 Å². The van der Waals surface area contributed by atoms with Crippen LogP contribution in [0.15, 0.2) is 15.9 Å². The van der Waals surface area contributed by atoms with Gasteiger partial charge in [-0.25, -0.2) is 9.67 Å². The lowest BCUT2D eigenvalue weighted by Gasteiger charge is -2.18. The molecule has 0 atom stereocenters. The molecule has 0 saturated carbocycles. The van der Waals surface area contributed by atoms with Gasteiger partial charge in [0.05, 0.1) is 11.9 Å². The second-order valence-electron chi connectivity index (χ2n) is 4.38. The maximum Gasteiger partial charge on any atom is 0.293 e. The number of nitrogens with zero attached hydrogens (tertiary/aromatic N) is 2. The Morgan fingerprint density at radius 3 is 2.53 bits per heavy atom. The molecule has 0 fully saturated rings. The monoisotopic (exact) mass is 208 g/mol.